The van der Waals surface area contributed by atoms with E-state index in [0.717, 1.165) is 12.0 Å². The predicted molar refractivity (Wildman–Crippen MR) is 70.8 cm³/mol. The molecule has 1 rings (SSSR count). The number of nitrogens with two attached hydrogens (primary N) is 1. The van der Waals surface area contributed by atoms with Crippen LogP contribution in [-0.2, 0) is 11.3 Å². The average Bonchev–Trinajstić information content (AvgIpc) is 2.35. The second-order valence-electron chi connectivity index (χ2n) is 4.25. The first-order valence-electron chi connectivity index (χ1n) is 5.83. The highest BCUT2D eigenvalue weighted by atomic mass is 35.5. The summed E-state index contributed by atoms with van der Waals surface area (Å²) in [5.41, 5.74) is 6.43. The number of nitrogens with one attached hydrogen (secondary N) is 1. The van der Waals surface area contributed by atoms with Crippen molar-refractivity contribution in [2.45, 2.75) is 26.3 Å². The number of hydrogen-bond donors (Lipinski definition) is 2. The Morgan fingerprint density at radius 1 is 1.47 bits per heavy atom. The smallest absolute Gasteiger partial charge is 0.220 e. The van der Waals surface area contributed by atoms with Crippen molar-refractivity contribution in [2.75, 3.05) is 6.54 Å². The van der Waals surface area contributed by atoms with Gasteiger partial charge in [-0.25, -0.2) is 0 Å². The Labute approximate surface area is 107 Å². The first kappa shape index (κ1) is 14.0. The van der Waals surface area contributed by atoms with Gasteiger partial charge in [-0.05, 0) is 30.5 Å². The lowest BCUT2D eigenvalue weighted by Crippen LogP contribution is -2.24. The number of amides is 1. The molecule has 0 heterocycles. The standard InChI is InChI=1S/C13H19ClN2O/c1-10(8-15)6-7-13(17)16-9-11-4-2-3-5-12(11)14/h2-5,10H,6-9,15H2,1H3,(H,16,17). The van der Waals surface area contributed by atoms with E-state index in [1.54, 1.807) is 0 Å². The summed E-state index contributed by atoms with van der Waals surface area (Å²) in [5.74, 6) is 0.436. The largest absolute Gasteiger partial charge is 0.352 e. The summed E-state index contributed by atoms with van der Waals surface area (Å²) < 4.78 is 0. The zero-order valence-corrected chi connectivity index (χ0v) is 10.8. The summed E-state index contributed by atoms with van der Waals surface area (Å²) in [6.45, 7) is 3.15. The highest BCUT2D eigenvalue weighted by Crippen LogP contribution is 2.14. The Morgan fingerprint density at radius 3 is 2.82 bits per heavy atom. The van der Waals surface area contributed by atoms with Gasteiger partial charge >= 0.3 is 0 Å². The van der Waals surface area contributed by atoms with Crippen molar-refractivity contribution in [1.29, 1.82) is 0 Å². The van der Waals surface area contributed by atoms with Crippen molar-refractivity contribution < 1.29 is 4.79 Å². The van der Waals surface area contributed by atoms with Gasteiger partial charge in [0, 0.05) is 18.0 Å². The molecule has 0 saturated heterocycles. The van der Waals surface area contributed by atoms with Gasteiger partial charge in [0.1, 0.15) is 0 Å². The number of hydrogen-bond acceptors (Lipinski definition) is 2. The van der Waals surface area contributed by atoms with Crippen LogP contribution in [0.15, 0.2) is 24.3 Å². The molecular formula is C13H19ClN2O. The molecule has 0 bridgehead atoms. The Kier molecular flexibility index (Phi) is 6.01. The molecule has 1 amide bonds. The van der Waals surface area contributed by atoms with Crippen molar-refractivity contribution >= 4 is 17.5 Å². The first-order valence-corrected chi connectivity index (χ1v) is 6.21. The van der Waals surface area contributed by atoms with Crippen LogP contribution in [0.25, 0.3) is 0 Å². The van der Waals surface area contributed by atoms with Crippen LogP contribution in [0.4, 0.5) is 0 Å². The van der Waals surface area contributed by atoms with Gasteiger partial charge in [-0.1, -0.05) is 36.7 Å². The van der Waals surface area contributed by atoms with Gasteiger partial charge in [0.25, 0.3) is 0 Å². The van der Waals surface area contributed by atoms with Gasteiger partial charge in [0.2, 0.25) is 5.91 Å². The van der Waals surface area contributed by atoms with Crippen LogP contribution >= 0.6 is 11.6 Å². The maximum Gasteiger partial charge on any atom is 0.220 e. The minimum atomic E-state index is 0.0465. The third-order valence-electron chi connectivity index (χ3n) is 2.70. The number of rotatable bonds is 6. The van der Waals surface area contributed by atoms with Gasteiger partial charge in [0.05, 0.1) is 0 Å². The summed E-state index contributed by atoms with van der Waals surface area (Å²) in [6.07, 6.45) is 1.34. The lowest BCUT2D eigenvalue weighted by Gasteiger charge is -2.09. The SMILES string of the molecule is CC(CN)CCC(=O)NCc1ccccc1Cl. The van der Waals surface area contributed by atoms with Crippen LogP contribution in [-0.4, -0.2) is 12.5 Å². The number of carbonyl (C=O) groups is 1. The maximum atomic E-state index is 11.6. The van der Waals surface area contributed by atoms with E-state index < -0.39 is 0 Å². The third kappa shape index (κ3) is 5.20. The van der Waals surface area contributed by atoms with Gasteiger partial charge in [-0.15, -0.1) is 0 Å². The normalized spacial score (nSPS) is 12.2. The lowest BCUT2D eigenvalue weighted by atomic mass is 10.1. The zero-order valence-electron chi connectivity index (χ0n) is 10.1. The second-order valence-corrected chi connectivity index (χ2v) is 4.65. The summed E-state index contributed by atoms with van der Waals surface area (Å²) in [4.78, 5) is 11.6. The average molecular weight is 255 g/mol. The van der Waals surface area contributed by atoms with E-state index in [4.69, 9.17) is 17.3 Å². The molecule has 0 aliphatic carbocycles. The van der Waals surface area contributed by atoms with Gasteiger partial charge in [0.15, 0.2) is 0 Å². The van der Waals surface area contributed by atoms with E-state index in [0.29, 0.717) is 30.5 Å². The Bertz CT molecular complexity index is 368. The van der Waals surface area contributed by atoms with Crippen LogP contribution in [0.5, 0.6) is 0 Å². The monoisotopic (exact) mass is 254 g/mol. The zero-order chi connectivity index (χ0) is 12.7. The molecule has 94 valence electrons. The van der Waals surface area contributed by atoms with Gasteiger partial charge in [-0.3, -0.25) is 4.79 Å². The summed E-state index contributed by atoms with van der Waals surface area (Å²) in [6, 6.07) is 7.51. The molecular weight excluding hydrogens is 236 g/mol. The molecule has 1 unspecified atom stereocenters. The third-order valence-corrected chi connectivity index (χ3v) is 3.07. The van der Waals surface area contributed by atoms with E-state index in [1.807, 2.05) is 31.2 Å². The molecule has 0 aliphatic rings. The van der Waals surface area contributed by atoms with Gasteiger partial charge < -0.3 is 11.1 Å². The molecule has 0 saturated carbocycles. The molecule has 0 fully saturated rings. The molecule has 1 atom stereocenters. The van der Waals surface area contributed by atoms with Crippen molar-refractivity contribution in [3.8, 4) is 0 Å². The van der Waals surface area contributed by atoms with E-state index >= 15 is 0 Å². The fourth-order valence-corrected chi connectivity index (χ4v) is 1.62. The van der Waals surface area contributed by atoms with Crippen molar-refractivity contribution in [1.82, 2.24) is 5.32 Å². The second kappa shape index (κ2) is 7.30. The lowest BCUT2D eigenvalue weighted by molar-refractivity contribution is -0.121. The molecule has 3 N–H and O–H groups in total. The summed E-state index contributed by atoms with van der Waals surface area (Å²) >= 11 is 5.99. The topological polar surface area (TPSA) is 55.1 Å². The summed E-state index contributed by atoms with van der Waals surface area (Å²) in [5, 5.41) is 3.54. The highest BCUT2D eigenvalue weighted by Gasteiger charge is 2.06. The quantitative estimate of drug-likeness (QED) is 0.819. The Morgan fingerprint density at radius 2 is 2.18 bits per heavy atom. The Balaban J connectivity index is 2.31. The van der Waals surface area contributed by atoms with E-state index in [9.17, 15) is 4.79 Å². The van der Waals surface area contributed by atoms with Crippen LogP contribution < -0.4 is 11.1 Å². The van der Waals surface area contributed by atoms with Crippen LogP contribution in [0.2, 0.25) is 5.02 Å². The number of carbonyl (C=O) groups excluding carboxylic acids is 1. The molecule has 4 heteroatoms. The highest BCUT2D eigenvalue weighted by molar-refractivity contribution is 6.31. The molecule has 0 aromatic heterocycles. The molecule has 17 heavy (non-hydrogen) atoms. The van der Waals surface area contributed by atoms with Crippen LogP contribution in [0.3, 0.4) is 0 Å². The molecule has 1 aromatic rings. The summed E-state index contributed by atoms with van der Waals surface area (Å²) in [7, 11) is 0. The molecule has 0 radical (unpaired) electrons. The number of halogens is 1. The van der Waals surface area contributed by atoms with Crippen molar-refractivity contribution in [3.63, 3.8) is 0 Å². The van der Waals surface area contributed by atoms with Crippen molar-refractivity contribution in [2.24, 2.45) is 11.7 Å². The first-order chi connectivity index (χ1) is 8.13. The maximum absolute atomic E-state index is 11.6. The fourth-order valence-electron chi connectivity index (χ4n) is 1.42. The predicted octanol–water partition coefficient (Wildman–Crippen LogP) is 2.33. The molecule has 3 nitrogen and oxygen atoms in total. The minimum absolute atomic E-state index is 0.0465. The van der Waals surface area contributed by atoms with Crippen LogP contribution in [0, 0.1) is 5.92 Å². The Hall–Kier alpha value is -1.06. The van der Waals surface area contributed by atoms with E-state index in [-0.39, 0.29) is 5.91 Å². The molecule has 0 spiro atoms. The van der Waals surface area contributed by atoms with E-state index in [2.05, 4.69) is 5.32 Å². The minimum Gasteiger partial charge on any atom is -0.352 e. The fraction of sp³-hybridized carbons (Fsp3) is 0.462. The van der Waals surface area contributed by atoms with Crippen molar-refractivity contribution in [3.05, 3.63) is 34.9 Å². The van der Waals surface area contributed by atoms with Gasteiger partial charge in [-0.2, -0.15) is 0 Å². The molecule has 1 aromatic carbocycles. The molecule has 0 aliphatic heterocycles. The van der Waals surface area contributed by atoms with E-state index in [1.165, 1.54) is 0 Å². The van der Waals surface area contributed by atoms with Crippen LogP contribution in [0.1, 0.15) is 25.3 Å². The number of benzene rings is 1.